The highest BCUT2D eigenvalue weighted by atomic mass is 15.2. The topological polar surface area (TPSA) is 42.2 Å². The summed E-state index contributed by atoms with van der Waals surface area (Å²) in [6, 6.07) is 11.5. The molecule has 1 fully saturated rings. The predicted molar refractivity (Wildman–Crippen MR) is 92.7 cm³/mol. The van der Waals surface area contributed by atoms with Crippen LogP contribution in [0.3, 0.4) is 0 Å². The fraction of sp³-hybridized carbons (Fsp3) is 0.421. The summed E-state index contributed by atoms with van der Waals surface area (Å²) in [5, 5.41) is 0. The average molecular weight is 295 g/mol. The summed E-state index contributed by atoms with van der Waals surface area (Å²) in [5.74, 6) is 0.610. The van der Waals surface area contributed by atoms with Gasteiger partial charge in [0.1, 0.15) is 5.82 Å². The van der Waals surface area contributed by atoms with Gasteiger partial charge in [0.15, 0.2) is 0 Å². The van der Waals surface area contributed by atoms with E-state index in [2.05, 4.69) is 47.1 Å². The maximum atomic E-state index is 5.80. The van der Waals surface area contributed by atoms with E-state index < -0.39 is 0 Å². The van der Waals surface area contributed by atoms with Gasteiger partial charge in [0, 0.05) is 17.8 Å². The van der Waals surface area contributed by atoms with Crippen LogP contribution in [0.4, 0.5) is 5.82 Å². The highest BCUT2D eigenvalue weighted by molar-refractivity contribution is 5.65. The SMILES string of the molecule is Cc1cc(-c2ccc([C@@H](C)N3CCCCC3)cc2)cnc1N. The highest BCUT2D eigenvalue weighted by Crippen LogP contribution is 2.27. The molecular formula is C19H25N3. The average Bonchev–Trinajstić information content (AvgIpc) is 2.58. The van der Waals surface area contributed by atoms with Gasteiger partial charge >= 0.3 is 0 Å². The lowest BCUT2D eigenvalue weighted by atomic mass is 9.99. The molecule has 3 heteroatoms. The van der Waals surface area contributed by atoms with Crippen LogP contribution in [0.25, 0.3) is 11.1 Å². The Morgan fingerprint density at radius 1 is 1.05 bits per heavy atom. The molecule has 22 heavy (non-hydrogen) atoms. The number of pyridine rings is 1. The van der Waals surface area contributed by atoms with Gasteiger partial charge < -0.3 is 5.73 Å². The van der Waals surface area contributed by atoms with E-state index in [1.165, 1.54) is 43.5 Å². The van der Waals surface area contributed by atoms with E-state index in [1.54, 1.807) is 0 Å². The fourth-order valence-corrected chi connectivity index (χ4v) is 3.21. The van der Waals surface area contributed by atoms with Gasteiger partial charge in [-0.25, -0.2) is 4.98 Å². The van der Waals surface area contributed by atoms with Gasteiger partial charge in [0.2, 0.25) is 0 Å². The molecule has 1 aliphatic rings. The maximum Gasteiger partial charge on any atom is 0.126 e. The molecular weight excluding hydrogens is 270 g/mol. The van der Waals surface area contributed by atoms with Crippen LogP contribution in [-0.4, -0.2) is 23.0 Å². The zero-order valence-corrected chi connectivity index (χ0v) is 13.5. The molecule has 1 saturated heterocycles. The van der Waals surface area contributed by atoms with Gasteiger partial charge in [-0.15, -0.1) is 0 Å². The van der Waals surface area contributed by atoms with Crippen LogP contribution < -0.4 is 5.73 Å². The second-order valence-electron chi connectivity index (χ2n) is 6.32. The van der Waals surface area contributed by atoms with Crippen molar-refractivity contribution in [2.24, 2.45) is 0 Å². The Hall–Kier alpha value is -1.87. The fourth-order valence-electron chi connectivity index (χ4n) is 3.21. The highest BCUT2D eigenvalue weighted by Gasteiger charge is 2.17. The van der Waals surface area contributed by atoms with Crippen molar-refractivity contribution in [3.8, 4) is 11.1 Å². The normalized spacial score (nSPS) is 17.4. The molecule has 0 unspecified atom stereocenters. The number of rotatable bonds is 3. The van der Waals surface area contributed by atoms with Crippen LogP contribution in [0.2, 0.25) is 0 Å². The third kappa shape index (κ3) is 3.14. The van der Waals surface area contributed by atoms with E-state index in [0.29, 0.717) is 11.9 Å². The molecule has 0 spiro atoms. The third-order valence-corrected chi connectivity index (χ3v) is 4.78. The molecule has 1 aromatic carbocycles. The molecule has 1 aromatic heterocycles. The molecule has 3 rings (SSSR count). The van der Waals surface area contributed by atoms with Gasteiger partial charge in [0.25, 0.3) is 0 Å². The van der Waals surface area contributed by atoms with Crippen LogP contribution in [0, 0.1) is 6.92 Å². The van der Waals surface area contributed by atoms with E-state index in [9.17, 15) is 0 Å². The number of hydrogen-bond donors (Lipinski definition) is 1. The first-order valence-corrected chi connectivity index (χ1v) is 8.21. The lowest BCUT2D eigenvalue weighted by Gasteiger charge is -2.32. The van der Waals surface area contributed by atoms with E-state index in [1.807, 2.05) is 13.1 Å². The molecule has 2 N–H and O–H groups in total. The molecule has 116 valence electrons. The van der Waals surface area contributed by atoms with Crippen LogP contribution >= 0.6 is 0 Å². The van der Waals surface area contributed by atoms with Gasteiger partial charge in [-0.2, -0.15) is 0 Å². The Labute approximate surface area is 133 Å². The number of aromatic nitrogens is 1. The summed E-state index contributed by atoms with van der Waals surface area (Å²) in [5.41, 5.74) is 10.5. The number of benzene rings is 1. The van der Waals surface area contributed by atoms with E-state index in [-0.39, 0.29) is 0 Å². The zero-order valence-electron chi connectivity index (χ0n) is 13.5. The van der Waals surface area contributed by atoms with Gasteiger partial charge in [-0.1, -0.05) is 30.7 Å². The summed E-state index contributed by atoms with van der Waals surface area (Å²) >= 11 is 0. The van der Waals surface area contributed by atoms with Crippen molar-refractivity contribution in [2.75, 3.05) is 18.8 Å². The minimum Gasteiger partial charge on any atom is -0.383 e. The first-order valence-electron chi connectivity index (χ1n) is 8.21. The molecule has 0 amide bonds. The van der Waals surface area contributed by atoms with Gasteiger partial charge in [-0.3, -0.25) is 4.90 Å². The molecule has 0 bridgehead atoms. The standard InChI is InChI=1S/C19H25N3/c1-14-12-18(13-21-19(14)20)17-8-6-16(7-9-17)15(2)22-10-4-3-5-11-22/h6-9,12-13,15H,3-5,10-11H2,1-2H3,(H2,20,21)/t15-/m1/s1. The van der Waals surface area contributed by atoms with Crippen molar-refractivity contribution in [3.05, 3.63) is 47.7 Å². The Bertz CT molecular complexity index is 628. The minimum atomic E-state index is 0.501. The molecule has 2 aromatic rings. The third-order valence-electron chi connectivity index (χ3n) is 4.78. The van der Waals surface area contributed by atoms with Crippen molar-refractivity contribution in [3.63, 3.8) is 0 Å². The second-order valence-corrected chi connectivity index (χ2v) is 6.32. The van der Waals surface area contributed by atoms with Crippen molar-refractivity contribution >= 4 is 5.82 Å². The van der Waals surface area contributed by atoms with Crippen LogP contribution in [0.5, 0.6) is 0 Å². The second kappa shape index (κ2) is 6.49. The van der Waals surface area contributed by atoms with Crippen molar-refractivity contribution in [1.82, 2.24) is 9.88 Å². The molecule has 1 atom stereocenters. The number of anilines is 1. The first kappa shape index (κ1) is 15.0. The van der Waals surface area contributed by atoms with E-state index in [0.717, 1.165) is 11.1 Å². The Kier molecular flexibility index (Phi) is 4.44. The molecule has 3 nitrogen and oxygen atoms in total. The summed E-state index contributed by atoms with van der Waals surface area (Å²) in [4.78, 5) is 6.85. The molecule has 0 radical (unpaired) electrons. The molecule has 0 aliphatic carbocycles. The van der Waals surface area contributed by atoms with E-state index >= 15 is 0 Å². The molecule has 0 saturated carbocycles. The Balaban J connectivity index is 1.78. The van der Waals surface area contributed by atoms with Gasteiger partial charge in [-0.05, 0) is 62.5 Å². The van der Waals surface area contributed by atoms with Crippen molar-refractivity contribution < 1.29 is 0 Å². The smallest absolute Gasteiger partial charge is 0.126 e. The summed E-state index contributed by atoms with van der Waals surface area (Å²) in [7, 11) is 0. The summed E-state index contributed by atoms with van der Waals surface area (Å²) in [6.07, 6.45) is 5.90. The zero-order chi connectivity index (χ0) is 15.5. The molecule has 2 heterocycles. The monoisotopic (exact) mass is 295 g/mol. The number of aryl methyl sites for hydroxylation is 1. The number of nitrogen functional groups attached to an aromatic ring is 1. The summed E-state index contributed by atoms with van der Waals surface area (Å²) in [6.45, 7) is 6.77. The lowest BCUT2D eigenvalue weighted by Crippen LogP contribution is -2.32. The summed E-state index contributed by atoms with van der Waals surface area (Å²) < 4.78 is 0. The van der Waals surface area contributed by atoms with Crippen molar-refractivity contribution in [1.29, 1.82) is 0 Å². The first-order chi connectivity index (χ1) is 10.6. The molecule has 1 aliphatic heterocycles. The Morgan fingerprint density at radius 2 is 1.73 bits per heavy atom. The van der Waals surface area contributed by atoms with Crippen LogP contribution in [0.1, 0.15) is 43.4 Å². The predicted octanol–water partition coefficient (Wildman–Crippen LogP) is 4.19. The minimum absolute atomic E-state index is 0.501. The number of hydrogen-bond acceptors (Lipinski definition) is 3. The maximum absolute atomic E-state index is 5.80. The van der Waals surface area contributed by atoms with Gasteiger partial charge in [0.05, 0.1) is 0 Å². The Morgan fingerprint density at radius 3 is 2.36 bits per heavy atom. The van der Waals surface area contributed by atoms with Crippen LogP contribution in [0.15, 0.2) is 36.5 Å². The van der Waals surface area contributed by atoms with Crippen molar-refractivity contribution in [2.45, 2.75) is 39.2 Å². The van der Waals surface area contributed by atoms with E-state index in [4.69, 9.17) is 5.73 Å². The quantitative estimate of drug-likeness (QED) is 0.923. The number of nitrogens with zero attached hydrogens (tertiary/aromatic N) is 2. The number of piperidine rings is 1. The lowest BCUT2D eigenvalue weighted by molar-refractivity contribution is 0.175. The number of likely N-dealkylation sites (tertiary alicyclic amines) is 1. The largest absolute Gasteiger partial charge is 0.383 e. The van der Waals surface area contributed by atoms with Crippen LogP contribution in [-0.2, 0) is 0 Å². The number of nitrogens with two attached hydrogens (primary N) is 1.